The number of fused-ring (bicyclic) bond motifs is 9. The van der Waals surface area contributed by atoms with Crippen LogP contribution in [0.5, 0.6) is 0 Å². The quantitative estimate of drug-likeness (QED) is 0.177. The fraction of sp³-hybridized carbons (Fsp3) is 0. The summed E-state index contributed by atoms with van der Waals surface area (Å²) in [6.45, 7) is 0. The molecule has 51 heavy (non-hydrogen) atoms. The van der Waals surface area contributed by atoms with E-state index in [1.165, 1.54) is 97.4 Å². The second-order valence-electron chi connectivity index (χ2n) is 13.3. The zero-order valence-electron chi connectivity index (χ0n) is 27.6. The summed E-state index contributed by atoms with van der Waals surface area (Å²) in [6.07, 6.45) is 0. The Kier molecular flexibility index (Phi) is 6.16. The second-order valence-corrected chi connectivity index (χ2v) is 14.4. The molecular formula is C48H30N2S. The lowest BCUT2D eigenvalue weighted by atomic mass is 10.0. The van der Waals surface area contributed by atoms with Crippen molar-refractivity contribution in [3.8, 4) is 33.6 Å². The Morgan fingerprint density at radius 3 is 1.20 bits per heavy atom. The Balaban J connectivity index is 1.18. The second kappa shape index (κ2) is 11.0. The van der Waals surface area contributed by atoms with Crippen LogP contribution in [0.2, 0.25) is 0 Å². The number of nitrogens with zero attached hydrogens (tertiary/aromatic N) is 2. The van der Waals surface area contributed by atoms with Crippen LogP contribution in [0.15, 0.2) is 182 Å². The molecule has 0 spiro atoms. The van der Waals surface area contributed by atoms with Crippen LogP contribution in [0.25, 0.3) is 97.4 Å². The van der Waals surface area contributed by atoms with Crippen molar-refractivity contribution in [3.05, 3.63) is 182 Å². The van der Waals surface area contributed by atoms with Gasteiger partial charge in [0.2, 0.25) is 0 Å². The van der Waals surface area contributed by atoms with Gasteiger partial charge in [-0.3, -0.25) is 0 Å². The van der Waals surface area contributed by atoms with Crippen LogP contribution in [0.1, 0.15) is 0 Å². The van der Waals surface area contributed by atoms with Crippen molar-refractivity contribution in [2.45, 2.75) is 0 Å². The van der Waals surface area contributed by atoms with Crippen molar-refractivity contribution >= 4 is 75.1 Å². The van der Waals surface area contributed by atoms with E-state index >= 15 is 0 Å². The first-order valence-electron chi connectivity index (χ1n) is 17.4. The zero-order chi connectivity index (χ0) is 33.5. The van der Waals surface area contributed by atoms with E-state index in [-0.39, 0.29) is 0 Å². The third kappa shape index (κ3) is 4.22. The van der Waals surface area contributed by atoms with Gasteiger partial charge in [-0.25, -0.2) is 0 Å². The van der Waals surface area contributed by atoms with Gasteiger partial charge in [0.1, 0.15) is 0 Å². The highest BCUT2D eigenvalue weighted by molar-refractivity contribution is 7.25. The number of hydrogen-bond donors (Lipinski definition) is 0. The molecule has 0 radical (unpaired) electrons. The summed E-state index contributed by atoms with van der Waals surface area (Å²) in [6, 6.07) is 66.6. The molecule has 0 aliphatic heterocycles. The van der Waals surface area contributed by atoms with Gasteiger partial charge < -0.3 is 9.13 Å². The average Bonchev–Trinajstić information content (AvgIpc) is 3.86. The molecule has 0 N–H and O–H groups in total. The minimum atomic E-state index is 1.17. The molecule has 11 rings (SSSR count). The monoisotopic (exact) mass is 666 g/mol. The standard InChI is InChI=1S/C48H30N2S/c1-3-13-31(14-4-1)35-19-11-21-39-37-17-7-9-23-43(37)49(47(35)39)33-25-27-45-41(29-33)42-30-34(26-28-46(42)51-45)50-44-24-10-8-18-38(44)40-22-12-20-36(48(40)50)32-15-5-2-6-16-32/h1-30H. The summed E-state index contributed by atoms with van der Waals surface area (Å²) in [4.78, 5) is 0. The largest absolute Gasteiger partial charge is 0.309 e. The van der Waals surface area contributed by atoms with Crippen LogP contribution in [-0.2, 0) is 0 Å². The summed E-state index contributed by atoms with van der Waals surface area (Å²) in [5.74, 6) is 0. The summed E-state index contributed by atoms with van der Waals surface area (Å²) in [7, 11) is 0. The lowest BCUT2D eigenvalue weighted by Gasteiger charge is -2.13. The van der Waals surface area contributed by atoms with Gasteiger partial charge in [0.25, 0.3) is 0 Å². The molecule has 0 aliphatic carbocycles. The van der Waals surface area contributed by atoms with E-state index in [9.17, 15) is 0 Å². The minimum Gasteiger partial charge on any atom is -0.309 e. The molecule has 11 aromatic rings. The SMILES string of the molecule is c1ccc(-c2cccc3c4ccccc4n(-c4ccc5sc6ccc(-n7c8ccccc8c8cccc(-c9ccccc9)c87)cc6c5c4)c23)cc1. The molecule has 0 atom stereocenters. The first-order chi connectivity index (χ1) is 25.3. The lowest BCUT2D eigenvalue weighted by Crippen LogP contribution is -1.96. The van der Waals surface area contributed by atoms with Crippen molar-refractivity contribution in [2.24, 2.45) is 0 Å². The van der Waals surface area contributed by atoms with E-state index < -0.39 is 0 Å². The molecule has 0 saturated carbocycles. The van der Waals surface area contributed by atoms with E-state index in [1.807, 2.05) is 11.3 Å². The van der Waals surface area contributed by atoms with Crippen LogP contribution in [0.4, 0.5) is 0 Å². The molecule has 8 aromatic carbocycles. The molecule has 2 nitrogen and oxygen atoms in total. The van der Waals surface area contributed by atoms with Gasteiger partial charge in [0.05, 0.1) is 22.1 Å². The summed E-state index contributed by atoms with van der Waals surface area (Å²) < 4.78 is 7.53. The third-order valence-corrected chi connectivity index (χ3v) is 11.7. The van der Waals surface area contributed by atoms with Crippen LogP contribution in [0, 0.1) is 0 Å². The Morgan fingerprint density at radius 1 is 0.314 bits per heavy atom. The maximum Gasteiger partial charge on any atom is 0.0619 e. The average molecular weight is 667 g/mol. The van der Waals surface area contributed by atoms with E-state index in [1.54, 1.807) is 0 Å². The molecule has 3 heteroatoms. The van der Waals surface area contributed by atoms with E-state index in [4.69, 9.17) is 0 Å². The zero-order valence-corrected chi connectivity index (χ0v) is 28.4. The first-order valence-corrected chi connectivity index (χ1v) is 18.3. The molecule has 0 fully saturated rings. The number of para-hydroxylation sites is 4. The number of aromatic nitrogens is 2. The van der Waals surface area contributed by atoms with Crippen molar-refractivity contribution < 1.29 is 0 Å². The molecule has 0 aliphatic rings. The van der Waals surface area contributed by atoms with Crippen LogP contribution < -0.4 is 0 Å². The van der Waals surface area contributed by atoms with Gasteiger partial charge in [-0.1, -0.05) is 133 Å². The minimum absolute atomic E-state index is 1.17. The fourth-order valence-corrected chi connectivity index (χ4v) is 9.37. The molecule has 3 heterocycles. The highest BCUT2D eigenvalue weighted by Gasteiger charge is 2.19. The van der Waals surface area contributed by atoms with Crippen molar-refractivity contribution in [3.63, 3.8) is 0 Å². The van der Waals surface area contributed by atoms with Crippen molar-refractivity contribution in [1.29, 1.82) is 0 Å². The molecule has 0 unspecified atom stereocenters. The number of benzene rings is 8. The van der Waals surface area contributed by atoms with Gasteiger partial charge >= 0.3 is 0 Å². The van der Waals surface area contributed by atoms with E-state index in [2.05, 4.69) is 191 Å². The van der Waals surface area contributed by atoms with Gasteiger partial charge in [-0.05, 0) is 59.7 Å². The molecule has 0 amide bonds. The first kappa shape index (κ1) is 28.4. The van der Waals surface area contributed by atoms with Gasteiger partial charge in [-0.2, -0.15) is 0 Å². The number of hydrogen-bond acceptors (Lipinski definition) is 1. The highest BCUT2D eigenvalue weighted by atomic mass is 32.1. The molecule has 238 valence electrons. The predicted molar refractivity (Wildman–Crippen MR) is 219 cm³/mol. The van der Waals surface area contributed by atoms with Crippen LogP contribution >= 0.6 is 11.3 Å². The summed E-state index contributed by atoms with van der Waals surface area (Å²) in [5, 5.41) is 7.63. The number of thiophene rings is 1. The van der Waals surface area contributed by atoms with Crippen molar-refractivity contribution in [2.75, 3.05) is 0 Å². The Bertz CT molecular complexity index is 2910. The molecular weight excluding hydrogens is 637 g/mol. The fourth-order valence-electron chi connectivity index (χ4n) is 8.31. The van der Waals surface area contributed by atoms with Crippen LogP contribution in [-0.4, -0.2) is 9.13 Å². The van der Waals surface area contributed by atoms with Gasteiger partial charge in [-0.15, -0.1) is 11.3 Å². The Morgan fingerprint density at radius 2 is 0.725 bits per heavy atom. The third-order valence-electron chi connectivity index (χ3n) is 10.5. The Hall–Kier alpha value is -6.42. The van der Waals surface area contributed by atoms with Crippen molar-refractivity contribution in [1.82, 2.24) is 9.13 Å². The van der Waals surface area contributed by atoms with E-state index in [0.717, 1.165) is 0 Å². The topological polar surface area (TPSA) is 9.86 Å². The van der Waals surface area contributed by atoms with Gasteiger partial charge in [0, 0.05) is 64.2 Å². The molecule has 3 aromatic heterocycles. The van der Waals surface area contributed by atoms with Crippen LogP contribution in [0.3, 0.4) is 0 Å². The smallest absolute Gasteiger partial charge is 0.0619 e. The molecule has 0 saturated heterocycles. The van der Waals surface area contributed by atoms with E-state index in [0.29, 0.717) is 0 Å². The normalized spacial score (nSPS) is 11.9. The Labute approximate surface area is 298 Å². The maximum atomic E-state index is 2.47. The predicted octanol–water partition coefficient (Wildman–Crippen LogP) is 13.6. The maximum absolute atomic E-state index is 2.47. The highest BCUT2D eigenvalue weighted by Crippen LogP contribution is 2.43. The lowest BCUT2D eigenvalue weighted by molar-refractivity contribution is 1.18. The molecule has 0 bridgehead atoms. The summed E-state index contributed by atoms with van der Waals surface area (Å²) >= 11 is 1.87. The van der Waals surface area contributed by atoms with Gasteiger partial charge in [0.15, 0.2) is 0 Å². The summed E-state index contributed by atoms with van der Waals surface area (Å²) in [5.41, 5.74) is 12.2. The number of rotatable bonds is 4.